The summed E-state index contributed by atoms with van der Waals surface area (Å²) in [6.45, 7) is 0. The smallest absolute Gasteiger partial charge is 0.326 e. The number of fused-ring (bicyclic) bond motifs is 2. The average Bonchev–Trinajstić information content (AvgIpc) is 2.77. The number of carboxylic acid groups (broad SMARTS) is 2. The minimum atomic E-state index is -1.36. The molecule has 3 unspecified atom stereocenters. The molecule has 2 fully saturated rings. The summed E-state index contributed by atoms with van der Waals surface area (Å²) in [6, 6.07) is -1.36. The predicted molar refractivity (Wildman–Crippen MR) is 61.0 cm³/mol. The van der Waals surface area contributed by atoms with E-state index < -0.39 is 29.8 Å². The van der Waals surface area contributed by atoms with Crippen LogP contribution in [0.25, 0.3) is 0 Å². The molecule has 1 saturated carbocycles. The molecule has 1 aliphatic carbocycles. The van der Waals surface area contributed by atoms with Crippen LogP contribution in [0.4, 0.5) is 0 Å². The molecule has 0 aromatic rings. The third-order valence-corrected chi connectivity index (χ3v) is 3.83. The molecule has 2 N–H and O–H groups in total. The number of hydrogen-bond donors (Lipinski definition) is 2. The van der Waals surface area contributed by atoms with Crippen molar-refractivity contribution in [1.29, 1.82) is 0 Å². The lowest BCUT2D eigenvalue weighted by molar-refractivity contribution is -0.164. The van der Waals surface area contributed by atoms with Crippen molar-refractivity contribution in [1.82, 2.24) is 4.90 Å². The van der Waals surface area contributed by atoms with Crippen molar-refractivity contribution in [2.45, 2.75) is 38.1 Å². The number of hydrogen-bond acceptors (Lipinski definition) is 4. The lowest BCUT2D eigenvalue weighted by atomic mass is 9.94. The van der Waals surface area contributed by atoms with Gasteiger partial charge in [0.25, 0.3) is 0 Å². The minimum absolute atomic E-state index is 0.248. The Morgan fingerprint density at radius 3 is 2.11 bits per heavy atom. The van der Waals surface area contributed by atoms with Crippen LogP contribution in [0.1, 0.15) is 32.1 Å². The summed E-state index contributed by atoms with van der Waals surface area (Å²) in [5.74, 6) is -3.97. The zero-order valence-corrected chi connectivity index (χ0v) is 10.2. The van der Waals surface area contributed by atoms with Crippen LogP contribution in [0.15, 0.2) is 0 Å². The van der Waals surface area contributed by atoms with Gasteiger partial charge in [0.2, 0.25) is 11.8 Å². The summed E-state index contributed by atoms with van der Waals surface area (Å²) in [4.78, 5) is 46.7. The first-order valence-electron chi connectivity index (χ1n) is 6.23. The Morgan fingerprint density at radius 1 is 1.16 bits per heavy atom. The van der Waals surface area contributed by atoms with E-state index in [1.54, 1.807) is 0 Å². The van der Waals surface area contributed by atoms with E-state index >= 15 is 0 Å². The number of nitrogens with zero attached hydrogens (tertiary/aromatic N) is 1. The quantitative estimate of drug-likeness (QED) is 0.684. The Kier molecular flexibility index (Phi) is 3.55. The van der Waals surface area contributed by atoms with Crippen molar-refractivity contribution < 1.29 is 29.4 Å². The maximum Gasteiger partial charge on any atom is 0.326 e. The van der Waals surface area contributed by atoms with E-state index in [-0.39, 0.29) is 24.7 Å². The van der Waals surface area contributed by atoms with Crippen molar-refractivity contribution in [3.05, 3.63) is 0 Å². The van der Waals surface area contributed by atoms with Crippen LogP contribution in [0.5, 0.6) is 0 Å². The van der Waals surface area contributed by atoms with E-state index in [9.17, 15) is 19.2 Å². The van der Waals surface area contributed by atoms with Gasteiger partial charge in [-0.1, -0.05) is 0 Å². The highest BCUT2D eigenvalue weighted by atomic mass is 16.4. The molecule has 0 radical (unpaired) electrons. The molecular weight excluding hydrogens is 254 g/mol. The molecule has 0 spiro atoms. The van der Waals surface area contributed by atoms with Crippen LogP contribution >= 0.6 is 0 Å². The number of carboxylic acids is 2. The Morgan fingerprint density at radius 2 is 1.68 bits per heavy atom. The summed E-state index contributed by atoms with van der Waals surface area (Å²) < 4.78 is 0. The number of rotatable bonds is 5. The largest absolute Gasteiger partial charge is 0.481 e. The fourth-order valence-corrected chi connectivity index (χ4v) is 2.86. The Labute approximate surface area is 109 Å². The molecule has 0 aromatic heterocycles. The summed E-state index contributed by atoms with van der Waals surface area (Å²) >= 11 is 0. The van der Waals surface area contributed by atoms with Crippen molar-refractivity contribution in [2.24, 2.45) is 11.8 Å². The van der Waals surface area contributed by atoms with Crippen LogP contribution in [0.3, 0.4) is 0 Å². The number of aliphatic carboxylic acids is 2. The normalized spacial score (nSPS) is 27.5. The van der Waals surface area contributed by atoms with E-state index in [0.29, 0.717) is 19.3 Å². The highest BCUT2D eigenvalue weighted by Gasteiger charge is 2.49. The van der Waals surface area contributed by atoms with E-state index in [0.717, 1.165) is 4.90 Å². The van der Waals surface area contributed by atoms with Crippen molar-refractivity contribution in [2.75, 3.05) is 0 Å². The zero-order chi connectivity index (χ0) is 14.2. The second-order valence-corrected chi connectivity index (χ2v) is 5.04. The number of carbonyl (C=O) groups is 4. The van der Waals surface area contributed by atoms with Gasteiger partial charge in [-0.25, -0.2) is 4.79 Å². The SMILES string of the molecule is O=C(O)CCC(C(=O)O)N1C(=O)C2CCC(C2)C1=O. The van der Waals surface area contributed by atoms with Crippen molar-refractivity contribution in [3.8, 4) is 0 Å². The summed E-state index contributed by atoms with van der Waals surface area (Å²) in [7, 11) is 0. The number of carbonyl (C=O) groups excluding carboxylic acids is 2. The van der Waals surface area contributed by atoms with E-state index in [2.05, 4.69) is 0 Å². The molecule has 104 valence electrons. The number of likely N-dealkylation sites (tertiary alicyclic amines) is 1. The minimum Gasteiger partial charge on any atom is -0.481 e. The maximum atomic E-state index is 12.1. The number of amides is 2. The summed E-state index contributed by atoms with van der Waals surface area (Å²) in [5.41, 5.74) is 0. The Hall–Kier alpha value is -1.92. The first-order valence-corrected chi connectivity index (χ1v) is 6.23. The molecule has 2 rings (SSSR count). The van der Waals surface area contributed by atoms with Crippen molar-refractivity contribution >= 4 is 23.8 Å². The summed E-state index contributed by atoms with van der Waals surface area (Å²) in [5, 5.41) is 17.7. The molecule has 2 bridgehead atoms. The molecule has 0 aromatic carbocycles. The standard InChI is InChI=1S/C12H15NO6/c14-9(15)4-3-8(12(18)19)13-10(16)6-1-2-7(5-6)11(13)17/h6-8H,1-5H2,(H,14,15)(H,18,19). The molecular formula is C12H15NO6. The maximum absolute atomic E-state index is 12.1. The third kappa shape index (κ3) is 2.45. The first-order chi connectivity index (χ1) is 8.91. The van der Waals surface area contributed by atoms with Gasteiger partial charge in [0.15, 0.2) is 0 Å². The summed E-state index contributed by atoms with van der Waals surface area (Å²) in [6.07, 6.45) is 1.08. The molecule has 19 heavy (non-hydrogen) atoms. The third-order valence-electron chi connectivity index (χ3n) is 3.83. The van der Waals surface area contributed by atoms with Gasteiger partial charge >= 0.3 is 11.9 Å². The second-order valence-electron chi connectivity index (χ2n) is 5.04. The van der Waals surface area contributed by atoms with Gasteiger partial charge in [-0.2, -0.15) is 0 Å². The van der Waals surface area contributed by atoms with Crippen LogP contribution in [-0.2, 0) is 19.2 Å². The first kappa shape index (κ1) is 13.5. The molecule has 2 amide bonds. The van der Waals surface area contributed by atoms with E-state index in [1.807, 2.05) is 0 Å². The predicted octanol–water partition coefficient (Wildman–Crippen LogP) is 0.0895. The molecule has 2 aliphatic rings. The molecule has 1 aliphatic heterocycles. The van der Waals surface area contributed by atoms with Gasteiger partial charge in [0.1, 0.15) is 6.04 Å². The van der Waals surface area contributed by atoms with Gasteiger partial charge in [-0.05, 0) is 25.7 Å². The monoisotopic (exact) mass is 269 g/mol. The fourth-order valence-electron chi connectivity index (χ4n) is 2.86. The van der Waals surface area contributed by atoms with Gasteiger partial charge in [0.05, 0.1) is 0 Å². The van der Waals surface area contributed by atoms with Crippen LogP contribution in [-0.4, -0.2) is 44.9 Å². The van der Waals surface area contributed by atoms with Crippen LogP contribution in [0.2, 0.25) is 0 Å². The van der Waals surface area contributed by atoms with E-state index in [1.165, 1.54) is 0 Å². The number of imide groups is 1. The highest BCUT2D eigenvalue weighted by Crippen LogP contribution is 2.39. The molecule has 7 nitrogen and oxygen atoms in total. The van der Waals surface area contributed by atoms with Gasteiger partial charge in [-0.15, -0.1) is 0 Å². The second kappa shape index (κ2) is 4.99. The van der Waals surface area contributed by atoms with Gasteiger partial charge in [-0.3, -0.25) is 19.3 Å². The Balaban J connectivity index is 2.20. The fraction of sp³-hybridized carbons (Fsp3) is 0.667. The Bertz CT molecular complexity index is 424. The van der Waals surface area contributed by atoms with E-state index in [4.69, 9.17) is 10.2 Å². The lowest BCUT2D eigenvalue weighted by Gasteiger charge is -2.33. The molecule has 1 heterocycles. The molecule has 3 atom stereocenters. The topological polar surface area (TPSA) is 112 Å². The van der Waals surface area contributed by atoms with Crippen LogP contribution in [0, 0.1) is 11.8 Å². The van der Waals surface area contributed by atoms with Gasteiger partial charge < -0.3 is 10.2 Å². The molecule has 7 heteroatoms. The number of piperidine rings is 1. The lowest BCUT2D eigenvalue weighted by Crippen LogP contribution is -2.54. The highest BCUT2D eigenvalue weighted by molar-refractivity contribution is 6.04. The zero-order valence-electron chi connectivity index (χ0n) is 10.2. The van der Waals surface area contributed by atoms with Crippen LogP contribution < -0.4 is 0 Å². The van der Waals surface area contributed by atoms with Gasteiger partial charge in [0, 0.05) is 18.3 Å². The average molecular weight is 269 g/mol. The van der Waals surface area contributed by atoms with Crippen molar-refractivity contribution in [3.63, 3.8) is 0 Å². The molecule has 1 saturated heterocycles.